The van der Waals surface area contributed by atoms with Gasteiger partial charge in [-0.25, -0.2) is 34.9 Å². The summed E-state index contributed by atoms with van der Waals surface area (Å²) in [7, 11) is 0. The summed E-state index contributed by atoms with van der Waals surface area (Å²) in [6.07, 6.45) is 23.0. The first-order valence-electron chi connectivity index (χ1n) is 38.1. The van der Waals surface area contributed by atoms with Gasteiger partial charge in [0.05, 0.1) is 31.8 Å². The number of nitrogens with zero attached hydrogens (tertiary/aromatic N) is 13. The molecule has 0 fully saturated rings. The zero-order valence-electron chi connectivity index (χ0n) is 67.8. The average Bonchev–Trinajstić information content (AvgIpc) is 1.61. The molecule has 0 atom stereocenters. The van der Waals surface area contributed by atoms with Gasteiger partial charge in [0.25, 0.3) is 17.7 Å². The van der Waals surface area contributed by atoms with Crippen molar-refractivity contribution in [1.82, 2.24) is 63.5 Å². The number of amides is 3. The third kappa shape index (κ3) is 19.3. The van der Waals surface area contributed by atoms with Crippen LogP contribution in [0.4, 0.5) is 52.0 Å². The smallest absolute Gasteiger partial charge is 0.255 e. The summed E-state index contributed by atoms with van der Waals surface area (Å²) < 4.78 is 69.8. The predicted octanol–water partition coefficient (Wildman–Crippen LogP) is 18.8. The first-order valence-corrected chi connectivity index (χ1v) is 34.1. The number of anilines is 9. The number of carbonyl (C=O) groups excluding carboxylic acids is 3. The highest BCUT2D eigenvalue weighted by Gasteiger charge is 2.17. The van der Waals surface area contributed by atoms with Crippen LogP contribution in [0.1, 0.15) is 99.7 Å². The molecule has 15 rings (SSSR count). The summed E-state index contributed by atoms with van der Waals surface area (Å²) in [5.41, 5.74) is 17.5. The second kappa shape index (κ2) is 34.0. The third-order valence-electron chi connectivity index (χ3n) is 16.7. The van der Waals surface area contributed by atoms with Crippen LogP contribution in [0.5, 0.6) is 0 Å². The molecule has 0 bridgehead atoms. The lowest BCUT2D eigenvalue weighted by Gasteiger charge is -2.13. The van der Waals surface area contributed by atoms with E-state index in [0.29, 0.717) is 51.3 Å². The molecule has 6 N–H and O–H groups in total. The van der Waals surface area contributed by atoms with Gasteiger partial charge in [-0.3, -0.25) is 29.3 Å². The summed E-state index contributed by atoms with van der Waals surface area (Å²) in [6.45, 7) is 8.64. The van der Waals surface area contributed by atoms with Crippen LogP contribution in [-0.2, 0) is 0 Å². The summed E-state index contributed by atoms with van der Waals surface area (Å²) in [5.74, 6) is -0.243. The van der Waals surface area contributed by atoms with Gasteiger partial charge in [-0.2, -0.15) is 0 Å². The SMILES string of the molecule is C.[2H]C([2H])([2H])c1ccc(C(=O)Nc2cc(C)cc(-n3ccc(C)c3)c2)cc1Nc1nccc(-c2cccnc2)n1.[2H]C([2H])([2H])c1ccc(C(=O)Nc2cc(C)cc(-n3cnc(C)c3)c2)cc1Nc1nccc(-c2cccnc2)n1.[2H]c1cc(C)c([2H])n1-c1cc(C)cc(NC(=O)c2ccc(C)c(Nc3nccc(-c4cccnc4)n3)c2)c1. The van der Waals surface area contributed by atoms with E-state index >= 15 is 0 Å². The predicted molar refractivity (Wildman–Crippen MR) is 433 cm³/mol. The summed E-state index contributed by atoms with van der Waals surface area (Å²) >= 11 is 0. The number of hydrogen-bond acceptors (Lipinski definition) is 16. The van der Waals surface area contributed by atoms with Gasteiger partial charge in [0.15, 0.2) is 0 Å². The second-order valence-electron chi connectivity index (χ2n) is 25.4. The highest BCUT2D eigenvalue weighted by molar-refractivity contribution is 6.07. The minimum atomic E-state index is -2.42. The molecule has 542 valence electrons. The highest BCUT2D eigenvalue weighted by atomic mass is 16.2. The molecule has 0 aliphatic rings. The molecule has 22 heteroatoms. The zero-order valence-corrected chi connectivity index (χ0v) is 59.8. The van der Waals surface area contributed by atoms with E-state index in [4.69, 9.17) is 11.0 Å². The Balaban J connectivity index is 0.000000161. The largest absolute Gasteiger partial charge is 0.324 e. The number of aromatic nitrogens is 13. The molecule has 0 saturated carbocycles. The monoisotopic (exact) mass is 1450 g/mol. The first kappa shape index (κ1) is 64.2. The minimum Gasteiger partial charge on any atom is -0.324 e. The number of pyridine rings is 3. The van der Waals surface area contributed by atoms with Gasteiger partial charge < -0.3 is 45.6 Å². The number of hydrogen-bond donors (Lipinski definition) is 6. The third-order valence-corrected chi connectivity index (χ3v) is 16.7. The molecular weight excluding hydrogens is 1360 g/mol. The molecule has 0 spiro atoms. The Morgan fingerprint density at radius 2 is 0.789 bits per heavy atom. The van der Waals surface area contributed by atoms with Crippen LogP contribution in [-0.4, -0.2) is 81.3 Å². The second-order valence-corrected chi connectivity index (χ2v) is 25.4. The number of aryl methyl sites for hydroxylation is 9. The zero-order chi connectivity index (χ0) is 82.0. The standard InChI is InChI=1S/2C29H26N6O.C28H25N7O.CH4/c2*1-19-9-12-35(18-19)25-14-20(2)13-24(16-25)32-28(36)22-7-6-21(3)27(15-22)34-29-31-11-8-26(33-29)23-5-4-10-30-17-23;1-18-11-23(14-24(12-18)35-16-20(3)31-17-35)32-27(36)21-7-6-19(2)26(13-21)34-28-30-10-8-25(33-28)22-5-4-9-29-15-22;/h2*4-18H,1-3H3,(H,32,36)(H,31,33,34);4-17H,1-3H3,(H,32,36)(H,30,33,34);1H4/i12D,18D;3D3;2D3;. The number of benzene rings is 6. The Kier molecular flexibility index (Phi) is 20.0. The van der Waals surface area contributed by atoms with Gasteiger partial charge in [0.1, 0.15) is 0 Å². The van der Waals surface area contributed by atoms with E-state index in [1.807, 2.05) is 160 Å². The minimum absolute atomic E-state index is 0. The van der Waals surface area contributed by atoms with Crippen molar-refractivity contribution < 1.29 is 25.3 Å². The van der Waals surface area contributed by atoms with E-state index in [-0.39, 0.29) is 77.1 Å². The fourth-order valence-corrected chi connectivity index (χ4v) is 11.4. The molecule has 0 aliphatic carbocycles. The van der Waals surface area contributed by atoms with Crippen molar-refractivity contribution in [2.75, 3.05) is 31.9 Å². The topological polar surface area (TPSA) is 267 Å². The number of nitrogens with one attached hydrogen (secondary N) is 6. The van der Waals surface area contributed by atoms with Crippen molar-refractivity contribution in [2.45, 2.75) is 69.6 Å². The highest BCUT2D eigenvalue weighted by Crippen LogP contribution is 2.30. The van der Waals surface area contributed by atoms with Crippen molar-refractivity contribution in [1.29, 1.82) is 0 Å². The lowest BCUT2D eigenvalue weighted by atomic mass is 10.1. The van der Waals surface area contributed by atoms with Gasteiger partial charge in [0, 0.05) is 179 Å². The normalized spacial score (nSPS) is 12.0. The molecule has 109 heavy (non-hydrogen) atoms. The van der Waals surface area contributed by atoms with Crippen molar-refractivity contribution in [2.24, 2.45) is 0 Å². The Labute approximate surface area is 643 Å². The van der Waals surface area contributed by atoms with E-state index in [1.54, 1.807) is 122 Å². The number of imidazole rings is 1. The molecule has 0 unspecified atom stereocenters. The van der Waals surface area contributed by atoms with Crippen LogP contribution in [0.2, 0.25) is 0 Å². The molecule has 15 aromatic rings. The maximum Gasteiger partial charge on any atom is 0.255 e. The molecule has 0 aliphatic heterocycles. The van der Waals surface area contributed by atoms with Crippen molar-refractivity contribution in [3.63, 3.8) is 0 Å². The van der Waals surface area contributed by atoms with Crippen molar-refractivity contribution in [3.8, 4) is 50.8 Å². The van der Waals surface area contributed by atoms with Gasteiger partial charge in [-0.05, 0) is 264 Å². The van der Waals surface area contributed by atoms with Crippen LogP contribution in [0, 0.1) is 62.2 Å². The fraction of sp³-hybridized carbons (Fsp3) is 0.115. The first-order chi connectivity index (χ1) is 55.6. The Morgan fingerprint density at radius 3 is 1.15 bits per heavy atom. The summed E-state index contributed by atoms with van der Waals surface area (Å²) in [4.78, 5) is 82.8. The van der Waals surface area contributed by atoms with E-state index in [2.05, 4.69) is 81.7 Å². The van der Waals surface area contributed by atoms with Crippen LogP contribution in [0.15, 0.2) is 269 Å². The van der Waals surface area contributed by atoms with Gasteiger partial charge in [0.2, 0.25) is 17.8 Å². The molecule has 0 radical (unpaired) electrons. The fourth-order valence-electron chi connectivity index (χ4n) is 11.4. The van der Waals surface area contributed by atoms with Crippen LogP contribution < -0.4 is 31.9 Å². The summed E-state index contributed by atoms with van der Waals surface area (Å²) in [6, 6.07) is 51.3. The molecule has 0 saturated heterocycles. The number of carbonyl (C=O) groups is 3. The van der Waals surface area contributed by atoms with Gasteiger partial charge in [-0.1, -0.05) is 25.6 Å². The summed E-state index contributed by atoms with van der Waals surface area (Å²) in [5, 5.41) is 18.0. The molecule has 6 aromatic carbocycles. The molecule has 9 aromatic heterocycles. The molecule has 3 amide bonds. The lowest BCUT2D eigenvalue weighted by molar-refractivity contribution is 0.101. The van der Waals surface area contributed by atoms with Crippen LogP contribution in [0.25, 0.3) is 50.8 Å². The molecule has 9 heterocycles. The number of rotatable bonds is 18. The maximum atomic E-state index is 13.3. The van der Waals surface area contributed by atoms with Crippen LogP contribution >= 0.6 is 0 Å². The van der Waals surface area contributed by atoms with E-state index < -0.39 is 19.6 Å². The lowest BCUT2D eigenvalue weighted by Crippen LogP contribution is -2.13. The Hall–Kier alpha value is -14.4. The Bertz CT molecular complexity index is 5870. The average molecular weight is 1450 g/mol. The van der Waals surface area contributed by atoms with Gasteiger partial charge in [-0.15, -0.1) is 0 Å². The Morgan fingerprint density at radius 1 is 0.385 bits per heavy atom. The van der Waals surface area contributed by atoms with E-state index in [9.17, 15) is 14.4 Å². The van der Waals surface area contributed by atoms with E-state index in [1.165, 1.54) is 36.4 Å². The van der Waals surface area contributed by atoms with Crippen LogP contribution in [0.3, 0.4) is 0 Å². The van der Waals surface area contributed by atoms with Crippen molar-refractivity contribution >= 4 is 69.7 Å². The van der Waals surface area contributed by atoms with Crippen molar-refractivity contribution in [3.05, 3.63) is 336 Å². The molecular formula is C87H81N19O3. The van der Waals surface area contributed by atoms with E-state index in [0.717, 1.165) is 72.8 Å². The quantitative estimate of drug-likeness (QED) is 0.0466. The molecule has 22 nitrogen and oxygen atoms in total. The van der Waals surface area contributed by atoms with Gasteiger partial charge >= 0.3 is 0 Å². The maximum absolute atomic E-state index is 13.3.